The summed E-state index contributed by atoms with van der Waals surface area (Å²) in [5.41, 5.74) is 1.24. The van der Waals surface area contributed by atoms with Crippen molar-refractivity contribution >= 4 is 0 Å². The van der Waals surface area contributed by atoms with Crippen molar-refractivity contribution in [3.63, 3.8) is 0 Å². The summed E-state index contributed by atoms with van der Waals surface area (Å²) in [7, 11) is 0. The highest BCUT2D eigenvalue weighted by atomic mass is 16.2. The molecule has 0 atom stereocenters. The number of rotatable bonds is 3. The van der Waals surface area contributed by atoms with Crippen molar-refractivity contribution in [1.82, 2.24) is 0 Å². The molecule has 1 heteroatoms. The monoisotopic (exact) mass is 147 g/mol. The molecule has 0 aliphatic rings. The Hall–Kier alpha value is -1.08. The third-order valence-corrected chi connectivity index (χ3v) is 1.41. The molecule has 0 fully saturated rings. The van der Waals surface area contributed by atoms with Crippen LogP contribution >= 0.6 is 0 Å². The minimum atomic E-state index is 0.124. The highest BCUT2D eigenvalue weighted by Gasteiger charge is 1.84. The zero-order valence-corrected chi connectivity index (χ0v) is 6.33. The molecule has 0 bridgehead atoms. The standard InChI is InChI=1S/C10H11O/c11-9-5-4-8-10-6-2-1-3-7-10/h2-7,11H,8-9H2. The Kier molecular flexibility index (Phi) is 3.42. The van der Waals surface area contributed by atoms with Crippen molar-refractivity contribution < 1.29 is 5.11 Å². The average Bonchev–Trinajstić information content (AvgIpc) is 2.07. The van der Waals surface area contributed by atoms with Gasteiger partial charge in [0, 0.05) is 0 Å². The number of hydrogen-bond acceptors (Lipinski definition) is 1. The van der Waals surface area contributed by atoms with Crippen LogP contribution in [0.2, 0.25) is 0 Å². The van der Waals surface area contributed by atoms with Gasteiger partial charge in [0.05, 0.1) is 6.61 Å². The SMILES string of the molecule is OCC=CCc1cc[c]cc1. The summed E-state index contributed by atoms with van der Waals surface area (Å²) in [6, 6.07) is 10.8. The zero-order chi connectivity index (χ0) is 7.94. The molecule has 0 heterocycles. The van der Waals surface area contributed by atoms with E-state index in [9.17, 15) is 0 Å². The van der Waals surface area contributed by atoms with E-state index in [0.717, 1.165) is 6.42 Å². The van der Waals surface area contributed by atoms with Crippen LogP contribution in [0.3, 0.4) is 0 Å². The number of benzene rings is 1. The van der Waals surface area contributed by atoms with Gasteiger partial charge < -0.3 is 5.11 Å². The third-order valence-electron chi connectivity index (χ3n) is 1.41. The molecule has 1 nitrogen and oxygen atoms in total. The van der Waals surface area contributed by atoms with Gasteiger partial charge in [-0.3, -0.25) is 0 Å². The van der Waals surface area contributed by atoms with Gasteiger partial charge in [0.15, 0.2) is 0 Å². The van der Waals surface area contributed by atoms with Crippen molar-refractivity contribution in [2.24, 2.45) is 0 Å². The minimum absolute atomic E-state index is 0.124. The van der Waals surface area contributed by atoms with Crippen LogP contribution in [-0.2, 0) is 6.42 Å². The summed E-state index contributed by atoms with van der Waals surface area (Å²) in [6.45, 7) is 0.124. The maximum absolute atomic E-state index is 8.45. The van der Waals surface area contributed by atoms with Crippen molar-refractivity contribution in [1.29, 1.82) is 0 Å². The van der Waals surface area contributed by atoms with Crippen LogP contribution in [0, 0.1) is 6.07 Å². The summed E-state index contributed by atoms with van der Waals surface area (Å²) in [5.74, 6) is 0. The first-order chi connectivity index (χ1) is 5.43. The Morgan fingerprint density at radius 3 is 2.64 bits per heavy atom. The Morgan fingerprint density at radius 1 is 1.27 bits per heavy atom. The van der Waals surface area contributed by atoms with Crippen molar-refractivity contribution in [2.75, 3.05) is 6.61 Å². The van der Waals surface area contributed by atoms with Crippen LogP contribution in [0.1, 0.15) is 5.56 Å². The molecule has 0 aliphatic carbocycles. The lowest BCUT2D eigenvalue weighted by Crippen LogP contribution is -1.79. The van der Waals surface area contributed by atoms with Crippen LogP contribution in [0.25, 0.3) is 0 Å². The van der Waals surface area contributed by atoms with E-state index in [0.29, 0.717) is 0 Å². The van der Waals surface area contributed by atoms with Crippen LogP contribution in [-0.4, -0.2) is 11.7 Å². The van der Waals surface area contributed by atoms with Gasteiger partial charge in [0.1, 0.15) is 0 Å². The quantitative estimate of drug-likeness (QED) is 0.643. The molecule has 1 N–H and O–H groups in total. The minimum Gasteiger partial charge on any atom is -0.392 e. The second kappa shape index (κ2) is 4.69. The topological polar surface area (TPSA) is 20.2 Å². The molecule has 0 unspecified atom stereocenters. The molecule has 0 aromatic heterocycles. The fourth-order valence-electron chi connectivity index (χ4n) is 0.851. The van der Waals surface area contributed by atoms with Crippen molar-refractivity contribution in [3.05, 3.63) is 48.0 Å². The predicted molar refractivity (Wildman–Crippen MR) is 45.2 cm³/mol. The second-order valence-electron chi connectivity index (χ2n) is 2.27. The third kappa shape index (κ3) is 3.01. The molecule has 1 aromatic carbocycles. The number of aliphatic hydroxyl groups excluding tert-OH is 1. The van der Waals surface area contributed by atoms with Crippen LogP contribution in [0.5, 0.6) is 0 Å². The molecule has 57 valence electrons. The lowest BCUT2D eigenvalue weighted by atomic mass is 10.1. The molecular weight excluding hydrogens is 136 g/mol. The van der Waals surface area contributed by atoms with E-state index >= 15 is 0 Å². The second-order valence-corrected chi connectivity index (χ2v) is 2.27. The molecule has 1 aromatic rings. The van der Waals surface area contributed by atoms with E-state index in [1.165, 1.54) is 5.56 Å². The molecule has 0 amide bonds. The molecule has 1 rings (SSSR count). The molecule has 1 radical (unpaired) electrons. The summed E-state index contributed by atoms with van der Waals surface area (Å²) in [4.78, 5) is 0. The van der Waals surface area contributed by atoms with Crippen LogP contribution < -0.4 is 0 Å². The van der Waals surface area contributed by atoms with E-state index in [-0.39, 0.29) is 6.61 Å². The van der Waals surface area contributed by atoms with Crippen LogP contribution in [0.4, 0.5) is 0 Å². The van der Waals surface area contributed by atoms with Gasteiger partial charge in [0.25, 0.3) is 0 Å². The average molecular weight is 147 g/mol. The van der Waals surface area contributed by atoms with Gasteiger partial charge in [-0.15, -0.1) is 0 Å². The predicted octanol–water partition coefficient (Wildman–Crippen LogP) is 1.58. The van der Waals surface area contributed by atoms with E-state index in [2.05, 4.69) is 6.07 Å². The molecular formula is C10H11O. The van der Waals surface area contributed by atoms with Gasteiger partial charge in [-0.2, -0.15) is 0 Å². The van der Waals surface area contributed by atoms with Gasteiger partial charge >= 0.3 is 0 Å². The molecule has 11 heavy (non-hydrogen) atoms. The highest BCUT2D eigenvalue weighted by Crippen LogP contribution is 1.98. The number of aliphatic hydroxyl groups is 1. The van der Waals surface area contributed by atoms with Crippen molar-refractivity contribution in [2.45, 2.75) is 6.42 Å². The van der Waals surface area contributed by atoms with E-state index in [1.807, 2.05) is 30.3 Å². The Labute approximate surface area is 67.0 Å². The van der Waals surface area contributed by atoms with Crippen LogP contribution in [0.15, 0.2) is 36.4 Å². The smallest absolute Gasteiger partial charge is 0.0612 e. The summed E-state index contributed by atoms with van der Waals surface area (Å²) < 4.78 is 0. The van der Waals surface area contributed by atoms with E-state index < -0.39 is 0 Å². The Bertz CT molecular complexity index is 214. The largest absolute Gasteiger partial charge is 0.392 e. The zero-order valence-electron chi connectivity index (χ0n) is 6.33. The highest BCUT2D eigenvalue weighted by molar-refractivity contribution is 5.16. The molecule has 0 saturated heterocycles. The van der Waals surface area contributed by atoms with E-state index in [1.54, 1.807) is 6.08 Å². The fraction of sp³-hybridized carbons (Fsp3) is 0.200. The molecule has 0 saturated carbocycles. The van der Waals surface area contributed by atoms with Gasteiger partial charge in [-0.1, -0.05) is 36.4 Å². The lowest BCUT2D eigenvalue weighted by Gasteiger charge is -1.92. The Balaban J connectivity index is 2.45. The summed E-state index contributed by atoms with van der Waals surface area (Å²) >= 11 is 0. The maximum Gasteiger partial charge on any atom is 0.0612 e. The number of allylic oxidation sites excluding steroid dienone is 1. The first-order valence-electron chi connectivity index (χ1n) is 3.64. The fourth-order valence-corrected chi connectivity index (χ4v) is 0.851. The summed E-state index contributed by atoms with van der Waals surface area (Å²) in [5, 5.41) is 8.45. The van der Waals surface area contributed by atoms with Gasteiger partial charge in [-0.05, 0) is 18.1 Å². The maximum atomic E-state index is 8.45. The van der Waals surface area contributed by atoms with E-state index in [4.69, 9.17) is 5.11 Å². The van der Waals surface area contributed by atoms with Gasteiger partial charge in [0.2, 0.25) is 0 Å². The van der Waals surface area contributed by atoms with Crippen molar-refractivity contribution in [3.8, 4) is 0 Å². The lowest BCUT2D eigenvalue weighted by molar-refractivity contribution is 0.342. The molecule has 0 spiro atoms. The number of hydrogen-bond donors (Lipinski definition) is 1. The Morgan fingerprint density at radius 2 is 2.00 bits per heavy atom. The first-order valence-corrected chi connectivity index (χ1v) is 3.64. The summed E-state index contributed by atoms with van der Waals surface area (Å²) in [6.07, 6.45) is 4.58. The molecule has 0 aliphatic heterocycles. The first kappa shape index (κ1) is 8.02. The van der Waals surface area contributed by atoms with Gasteiger partial charge in [-0.25, -0.2) is 0 Å². The normalized spacial score (nSPS) is 10.6.